The van der Waals surface area contributed by atoms with Gasteiger partial charge in [-0.25, -0.2) is 26.9 Å². The predicted octanol–water partition coefficient (Wildman–Crippen LogP) is 8.47. The van der Waals surface area contributed by atoms with E-state index in [1.54, 1.807) is 28.8 Å². The molecule has 14 heteroatoms. The molecule has 0 aliphatic carbocycles. The Labute approximate surface area is 293 Å². The second kappa shape index (κ2) is 14.9. The van der Waals surface area contributed by atoms with Crippen molar-refractivity contribution in [3.05, 3.63) is 146 Å². The average molecular weight is 733 g/mol. The number of rotatable bonds is 9. The Morgan fingerprint density at radius 2 is 1.48 bits per heavy atom. The van der Waals surface area contributed by atoms with E-state index in [0.29, 0.717) is 23.2 Å². The van der Waals surface area contributed by atoms with E-state index in [1.807, 2.05) is 55.5 Å². The molecule has 2 heterocycles. The van der Waals surface area contributed by atoms with E-state index in [1.165, 1.54) is 6.33 Å². The molecule has 5 aromatic rings. The second-order valence-corrected chi connectivity index (χ2v) is 12.5. The van der Waals surface area contributed by atoms with Gasteiger partial charge in [-0.15, -0.1) is 0 Å². The van der Waals surface area contributed by atoms with Gasteiger partial charge < -0.3 is 24.5 Å². The molecule has 7 nitrogen and oxygen atoms in total. The highest BCUT2D eigenvalue weighted by Gasteiger charge is 2.39. The number of aromatic nitrogens is 2. The van der Waals surface area contributed by atoms with Crippen LogP contribution >= 0.6 is 23.2 Å². The zero-order chi connectivity index (χ0) is 35.7. The molecule has 0 bridgehead atoms. The highest BCUT2D eigenvalue weighted by atomic mass is 35.5. The standard InChI is InChI=1S/C36H28Cl2F5N3O4/c1-18-25(15-46-17-45-33(37)34(46)38)49-36(50-32(18)21-10-8-19(16-47)9-11-21)24-7-3-6-23(13-24)22-5-2-4-20(12-22)14-44-35(48)26-27(39)29(41)31(43)30(42)28(26)40/h2-13,17-18,25,32,36,47H,14-16H2,1H3,(H,44,48)/t18-,25+,32+,36+/m0/s1. The van der Waals surface area contributed by atoms with Gasteiger partial charge in [0.15, 0.2) is 34.7 Å². The highest BCUT2D eigenvalue weighted by Crippen LogP contribution is 2.43. The van der Waals surface area contributed by atoms with E-state index in [4.69, 9.17) is 32.7 Å². The highest BCUT2D eigenvalue weighted by molar-refractivity contribution is 6.40. The third-order valence-electron chi connectivity index (χ3n) is 8.54. The zero-order valence-electron chi connectivity index (χ0n) is 26.1. The fourth-order valence-electron chi connectivity index (χ4n) is 5.79. The van der Waals surface area contributed by atoms with Crippen LogP contribution in [0.15, 0.2) is 79.1 Å². The SMILES string of the molecule is C[C@H]1[C@@H](Cn2cnc(Cl)c2Cl)O[C@@H](c2cccc(-c3cccc(CNC(=O)c4c(F)c(F)c(F)c(F)c4F)c3)c2)O[C@H]1c1ccc(CO)cc1. The van der Waals surface area contributed by atoms with Gasteiger partial charge in [-0.1, -0.05) is 90.8 Å². The number of hydrogen-bond acceptors (Lipinski definition) is 5. The normalized spacial score (nSPS) is 19.1. The molecule has 4 aromatic carbocycles. The summed E-state index contributed by atoms with van der Waals surface area (Å²) in [5, 5.41) is 12.2. The number of ether oxygens (including phenoxy) is 2. The molecule has 0 saturated carbocycles. The Balaban J connectivity index is 1.24. The van der Waals surface area contributed by atoms with Gasteiger partial charge in [0.25, 0.3) is 5.91 Å². The summed E-state index contributed by atoms with van der Waals surface area (Å²) in [5.74, 6) is -12.8. The lowest BCUT2D eigenvalue weighted by Gasteiger charge is -2.41. The van der Waals surface area contributed by atoms with Crippen LogP contribution in [0, 0.1) is 35.0 Å². The molecule has 1 fully saturated rings. The van der Waals surface area contributed by atoms with Crippen LogP contribution in [-0.2, 0) is 29.2 Å². The number of aliphatic hydroxyl groups is 1. The third-order valence-corrected chi connectivity index (χ3v) is 9.31. The van der Waals surface area contributed by atoms with Gasteiger partial charge in [0.1, 0.15) is 10.7 Å². The molecule has 4 atom stereocenters. The molecule has 2 N–H and O–H groups in total. The van der Waals surface area contributed by atoms with Gasteiger partial charge in [-0.05, 0) is 39.9 Å². The number of imidazole rings is 1. The molecule has 6 rings (SSSR count). The third kappa shape index (κ3) is 7.12. The summed E-state index contributed by atoms with van der Waals surface area (Å²) in [5.41, 5.74) is 2.71. The van der Waals surface area contributed by atoms with Crippen LogP contribution in [0.25, 0.3) is 11.1 Å². The molecule has 260 valence electrons. The Kier molecular flexibility index (Phi) is 10.6. The number of hydrogen-bond donors (Lipinski definition) is 2. The number of benzene rings is 4. The van der Waals surface area contributed by atoms with Gasteiger partial charge in [-0.2, -0.15) is 0 Å². The van der Waals surface area contributed by atoms with E-state index < -0.39 is 59.1 Å². The number of carbonyl (C=O) groups is 1. The first kappa shape index (κ1) is 35.5. The maximum absolute atomic E-state index is 14.2. The lowest BCUT2D eigenvalue weighted by Crippen LogP contribution is -2.39. The number of nitrogens with zero attached hydrogens (tertiary/aromatic N) is 2. The summed E-state index contributed by atoms with van der Waals surface area (Å²) in [6.07, 6.45) is -0.0830. The van der Waals surface area contributed by atoms with E-state index >= 15 is 0 Å². The lowest BCUT2D eigenvalue weighted by atomic mass is 9.90. The minimum absolute atomic E-state index is 0.0959. The number of halogens is 7. The van der Waals surface area contributed by atoms with Crippen molar-refractivity contribution in [2.24, 2.45) is 5.92 Å². The van der Waals surface area contributed by atoms with Crippen LogP contribution in [0.5, 0.6) is 0 Å². The summed E-state index contributed by atoms with van der Waals surface area (Å²) < 4.78 is 83.8. The first-order valence-electron chi connectivity index (χ1n) is 15.3. The molecule has 1 aliphatic rings. The van der Waals surface area contributed by atoms with Crippen LogP contribution < -0.4 is 5.32 Å². The van der Waals surface area contributed by atoms with Crippen molar-refractivity contribution in [2.75, 3.05) is 0 Å². The minimum Gasteiger partial charge on any atom is -0.392 e. The minimum atomic E-state index is -2.35. The number of nitrogens with one attached hydrogen (secondary N) is 1. The molecule has 0 spiro atoms. The first-order chi connectivity index (χ1) is 24.0. The maximum atomic E-state index is 14.2. The summed E-state index contributed by atoms with van der Waals surface area (Å²) in [6, 6.07) is 21.7. The van der Waals surface area contributed by atoms with E-state index in [-0.39, 0.29) is 29.4 Å². The largest absolute Gasteiger partial charge is 0.392 e. The topological polar surface area (TPSA) is 85.6 Å². The van der Waals surface area contributed by atoms with Gasteiger partial charge in [-0.3, -0.25) is 4.79 Å². The van der Waals surface area contributed by atoms with Crippen molar-refractivity contribution in [1.29, 1.82) is 0 Å². The quantitative estimate of drug-likeness (QED) is 0.0903. The molecule has 0 unspecified atom stereocenters. The van der Waals surface area contributed by atoms with Crippen LogP contribution in [-0.4, -0.2) is 26.7 Å². The number of aliphatic hydroxyl groups excluding tert-OH is 1. The van der Waals surface area contributed by atoms with Crippen molar-refractivity contribution in [1.82, 2.24) is 14.9 Å². The van der Waals surface area contributed by atoms with Gasteiger partial charge in [0.2, 0.25) is 5.82 Å². The number of carbonyl (C=O) groups excluding carboxylic acids is 1. The summed E-state index contributed by atoms with van der Waals surface area (Å²) in [4.78, 5) is 16.6. The van der Waals surface area contributed by atoms with Gasteiger partial charge in [0, 0.05) is 18.0 Å². The van der Waals surface area contributed by atoms with Gasteiger partial charge >= 0.3 is 0 Å². The Morgan fingerprint density at radius 3 is 2.12 bits per heavy atom. The Bertz CT molecular complexity index is 2020. The lowest BCUT2D eigenvalue weighted by molar-refractivity contribution is -0.276. The van der Waals surface area contributed by atoms with Crippen molar-refractivity contribution >= 4 is 29.1 Å². The molecule has 1 amide bonds. The molecule has 1 aliphatic heterocycles. The second-order valence-electron chi connectivity index (χ2n) is 11.8. The van der Waals surface area contributed by atoms with E-state index in [9.17, 15) is 31.9 Å². The monoisotopic (exact) mass is 731 g/mol. The molecular formula is C36H28Cl2F5N3O4. The van der Waals surface area contributed by atoms with Crippen molar-refractivity contribution in [3.8, 4) is 11.1 Å². The zero-order valence-corrected chi connectivity index (χ0v) is 27.7. The molecule has 50 heavy (non-hydrogen) atoms. The van der Waals surface area contributed by atoms with E-state index in [2.05, 4.69) is 10.3 Å². The first-order valence-corrected chi connectivity index (χ1v) is 16.1. The predicted molar refractivity (Wildman–Crippen MR) is 174 cm³/mol. The van der Waals surface area contributed by atoms with Gasteiger partial charge in [0.05, 0.1) is 31.7 Å². The summed E-state index contributed by atoms with van der Waals surface area (Å²) >= 11 is 12.5. The Morgan fingerprint density at radius 1 is 0.840 bits per heavy atom. The molecule has 0 radical (unpaired) electrons. The van der Waals surface area contributed by atoms with Crippen LogP contribution in [0.1, 0.15) is 51.9 Å². The fourth-order valence-corrected chi connectivity index (χ4v) is 6.11. The maximum Gasteiger partial charge on any atom is 0.257 e. The van der Waals surface area contributed by atoms with Crippen molar-refractivity contribution in [2.45, 2.75) is 45.1 Å². The molecule has 1 aromatic heterocycles. The van der Waals surface area contributed by atoms with Crippen molar-refractivity contribution in [3.63, 3.8) is 0 Å². The molecule has 1 saturated heterocycles. The fraction of sp³-hybridized carbons (Fsp3) is 0.222. The molecular weight excluding hydrogens is 704 g/mol. The summed E-state index contributed by atoms with van der Waals surface area (Å²) in [6.45, 7) is 1.98. The van der Waals surface area contributed by atoms with Crippen LogP contribution in [0.4, 0.5) is 22.0 Å². The van der Waals surface area contributed by atoms with E-state index in [0.717, 1.165) is 16.7 Å². The van der Waals surface area contributed by atoms with Crippen molar-refractivity contribution < 1.29 is 41.3 Å². The average Bonchev–Trinajstić information content (AvgIpc) is 3.45. The Hall–Kier alpha value is -4.33. The van der Waals surface area contributed by atoms with Crippen LogP contribution in [0.2, 0.25) is 10.3 Å². The smallest absolute Gasteiger partial charge is 0.257 e. The summed E-state index contributed by atoms with van der Waals surface area (Å²) in [7, 11) is 0. The van der Waals surface area contributed by atoms with Crippen LogP contribution in [0.3, 0.4) is 0 Å². The number of amides is 1.